The number of hydrogen-bond acceptors (Lipinski definition) is 2. The van der Waals surface area contributed by atoms with E-state index in [-0.39, 0.29) is 5.82 Å². The summed E-state index contributed by atoms with van der Waals surface area (Å²) in [6.07, 6.45) is 0. The molecule has 2 aromatic carbocycles. The highest BCUT2D eigenvalue weighted by molar-refractivity contribution is 9.10. The molecule has 0 fully saturated rings. The molecule has 17 heavy (non-hydrogen) atoms. The molecule has 0 aromatic heterocycles. The third kappa shape index (κ3) is 2.90. The molecule has 0 saturated heterocycles. The molecule has 88 valence electrons. The third-order valence-electron chi connectivity index (χ3n) is 2.21. The van der Waals surface area contributed by atoms with Crippen LogP contribution in [-0.4, -0.2) is 0 Å². The zero-order valence-corrected chi connectivity index (χ0v) is 11.0. The largest absolute Gasteiger partial charge is 0.397 e. The summed E-state index contributed by atoms with van der Waals surface area (Å²) >= 11 is 9.13. The Labute approximate surface area is 112 Å². The quantitative estimate of drug-likeness (QED) is 0.797. The van der Waals surface area contributed by atoms with Gasteiger partial charge in [-0.15, -0.1) is 0 Å². The van der Waals surface area contributed by atoms with Gasteiger partial charge in [0.25, 0.3) is 0 Å². The number of benzene rings is 2. The van der Waals surface area contributed by atoms with Gasteiger partial charge in [0.15, 0.2) is 0 Å². The zero-order valence-electron chi connectivity index (χ0n) is 8.68. The topological polar surface area (TPSA) is 38.0 Å². The Bertz CT molecular complexity index is 560. The number of nitrogen functional groups attached to an aromatic ring is 1. The summed E-state index contributed by atoms with van der Waals surface area (Å²) in [4.78, 5) is 0. The van der Waals surface area contributed by atoms with Crippen LogP contribution >= 0.6 is 27.5 Å². The van der Waals surface area contributed by atoms with Crippen molar-refractivity contribution in [3.8, 4) is 0 Å². The summed E-state index contributed by atoms with van der Waals surface area (Å²) < 4.78 is 13.9. The molecule has 0 aliphatic rings. The highest BCUT2D eigenvalue weighted by Gasteiger charge is 2.05. The van der Waals surface area contributed by atoms with Crippen LogP contribution in [0.1, 0.15) is 0 Å². The molecule has 0 unspecified atom stereocenters. The Kier molecular flexibility index (Phi) is 3.54. The monoisotopic (exact) mass is 314 g/mol. The van der Waals surface area contributed by atoms with E-state index >= 15 is 0 Å². The molecule has 2 rings (SSSR count). The lowest BCUT2D eigenvalue weighted by molar-refractivity contribution is 0.628. The second-order valence-electron chi connectivity index (χ2n) is 3.48. The first-order chi connectivity index (χ1) is 8.06. The first-order valence-corrected chi connectivity index (χ1v) is 6.00. The lowest BCUT2D eigenvalue weighted by Gasteiger charge is -2.11. The summed E-state index contributed by atoms with van der Waals surface area (Å²) in [5.41, 5.74) is 7.60. The molecule has 2 aromatic rings. The maximum Gasteiger partial charge on any atom is 0.125 e. The van der Waals surface area contributed by atoms with Crippen LogP contribution in [0.15, 0.2) is 40.9 Å². The number of hydrogen-bond donors (Lipinski definition) is 2. The maximum atomic E-state index is 13.1. The highest BCUT2D eigenvalue weighted by Crippen LogP contribution is 2.30. The molecule has 0 atom stereocenters. The van der Waals surface area contributed by atoms with Gasteiger partial charge in [0.2, 0.25) is 0 Å². The van der Waals surface area contributed by atoms with Crippen LogP contribution in [-0.2, 0) is 0 Å². The molecule has 0 saturated carbocycles. The van der Waals surface area contributed by atoms with Gasteiger partial charge in [-0.25, -0.2) is 4.39 Å². The van der Waals surface area contributed by atoms with Gasteiger partial charge in [-0.1, -0.05) is 11.6 Å². The van der Waals surface area contributed by atoms with E-state index in [1.165, 1.54) is 12.1 Å². The standard InChI is InChI=1S/C12H9BrClFN2/c13-9-3-2-8(15)6-12(9)17-11-4-1-7(14)5-10(11)16/h1-6,17H,16H2. The SMILES string of the molecule is Nc1cc(Cl)ccc1Nc1cc(F)ccc1Br. The summed E-state index contributed by atoms with van der Waals surface area (Å²) in [5, 5.41) is 3.60. The molecule has 5 heteroatoms. The second-order valence-corrected chi connectivity index (χ2v) is 4.77. The lowest BCUT2D eigenvalue weighted by Crippen LogP contribution is -1.97. The minimum Gasteiger partial charge on any atom is -0.397 e. The number of nitrogens with two attached hydrogens (primary N) is 1. The first kappa shape index (κ1) is 12.2. The van der Waals surface area contributed by atoms with Crippen molar-refractivity contribution in [3.05, 3.63) is 51.7 Å². The summed E-state index contributed by atoms with van der Waals surface area (Å²) in [5.74, 6) is -0.316. The fraction of sp³-hybridized carbons (Fsp3) is 0. The number of halogens is 3. The number of rotatable bonds is 2. The molecule has 0 aliphatic carbocycles. The van der Waals surface area contributed by atoms with E-state index in [0.29, 0.717) is 22.1 Å². The van der Waals surface area contributed by atoms with Crippen LogP contribution in [0.3, 0.4) is 0 Å². The van der Waals surface area contributed by atoms with E-state index in [4.69, 9.17) is 17.3 Å². The molecule has 0 radical (unpaired) electrons. The van der Waals surface area contributed by atoms with Gasteiger partial charge in [-0.3, -0.25) is 0 Å². The fourth-order valence-electron chi connectivity index (χ4n) is 1.39. The van der Waals surface area contributed by atoms with Crippen molar-refractivity contribution in [2.75, 3.05) is 11.1 Å². The van der Waals surface area contributed by atoms with Crippen LogP contribution < -0.4 is 11.1 Å². The Balaban J connectivity index is 2.34. The number of nitrogens with one attached hydrogen (secondary N) is 1. The Morgan fingerprint density at radius 2 is 1.88 bits per heavy atom. The van der Waals surface area contributed by atoms with Crippen molar-refractivity contribution in [2.24, 2.45) is 0 Å². The highest BCUT2D eigenvalue weighted by atomic mass is 79.9. The summed E-state index contributed by atoms with van der Waals surface area (Å²) in [6, 6.07) is 9.49. The van der Waals surface area contributed by atoms with Gasteiger partial charge in [0.1, 0.15) is 5.82 Å². The molecule has 0 spiro atoms. The summed E-state index contributed by atoms with van der Waals surface area (Å²) in [7, 11) is 0. The van der Waals surface area contributed by atoms with Crippen LogP contribution in [0, 0.1) is 5.82 Å². The van der Waals surface area contributed by atoms with Crippen molar-refractivity contribution in [1.29, 1.82) is 0 Å². The Morgan fingerprint density at radius 3 is 2.59 bits per heavy atom. The van der Waals surface area contributed by atoms with E-state index in [0.717, 1.165) is 4.47 Å². The van der Waals surface area contributed by atoms with Crippen LogP contribution in [0.5, 0.6) is 0 Å². The van der Waals surface area contributed by atoms with Crippen molar-refractivity contribution in [1.82, 2.24) is 0 Å². The van der Waals surface area contributed by atoms with Crippen molar-refractivity contribution in [3.63, 3.8) is 0 Å². The molecule has 2 nitrogen and oxygen atoms in total. The predicted molar refractivity (Wildman–Crippen MR) is 73.2 cm³/mol. The van der Waals surface area contributed by atoms with Crippen molar-refractivity contribution < 1.29 is 4.39 Å². The molecular weight excluding hydrogens is 307 g/mol. The van der Waals surface area contributed by atoms with Gasteiger partial charge < -0.3 is 11.1 Å². The van der Waals surface area contributed by atoms with E-state index in [2.05, 4.69) is 21.2 Å². The molecule has 0 amide bonds. The molecule has 3 N–H and O–H groups in total. The van der Waals surface area contributed by atoms with Gasteiger partial charge in [0, 0.05) is 9.50 Å². The Hall–Kier alpha value is -1.26. The van der Waals surface area contributed by atoms with Crippen LogP contribution in [0.25, 0.3) is 0 Å². The van der Waals surface area contributed by atoms with Gasteiger partial charge in [0.05, 0.1) is 17.1 Å². The van der Waals surface area contributed by atoms with E-state index in [9.17, 15) is 4.39 Å². The molecule has 0 bridgehead atoms. The van der Waals surface area contributed by atoms with E-state index in [1.54, 1.807) is 24.3 Å². The van der Waals surface area contributed by atoms with Crippen LogP contribution in [0.2, 0.25) is 5.02 Å². The Morgan fingerprint density at radius 1 is 1.12 bits per heavy atom. The minimum absolute atomic E-state index is 0.316. The normalized spacial score (nSPS) is 10.3. The minimum atomic E-state index is -0.316. The van der Waals surface area contributed by atoms with Gasteiger partial charge >= 0.3 is 0 Å². The van der Waals surface area contributed by atoms with Gasteiger partial charge in [-0.2, -0.15) is 0 Å². The average Bonchev–Trinajstić information content (AvgIpc) is 2.27. The first-order valence-electron chi connectivity index (χ1n) is 4.83. The average molecular weight is 316 g/mol. The van der Waals surface area contributed by atoms with Crippen molar-refractivity contribution in [2.45, 2.75) is 0 Å². The number of anilines is 3. The van der Waals surface area contributed by atoms with E-state index < -0.39 is 0 Å². The molecule has 0 aliphatic heterocycles. The molecular formula is C12H9BrClFN2. The smallest absolute Gasteiger partial charge is 0.125 e. The zero-order chi connectivity index (χ0) is 12.4. The van der Waals surface area contributed by atoms with Crippen molar-refractivity contribution >= 4 is 44.6 Å². The molecule has 0 heterocycles. The fourth-order valence-corrected chi connectivity index (χ4v) is 1.91. The third-order valence-corrected chi connectivity index (χ3v) is 3.14. The van der Waals surface area contributed by atoms with E-state index in [1.807, 2.05) is 0 Å². The second kappa shape index (κ2) is 4.94. The van der Waals surface area contributed by atoms with Gasteiger partial charge in [-0.05, 0) is 52.3 Å². The maximum absolute atomic E-state index is 13.1. The van der Waals surface area contributed by atoms with Crippen LogP contribution in [0.4, 0.5) is 21.5 Å². The lowest BCUT2D eigenvalue weighted by atomic mass is 10.2. The summed E-state index contributed by atoms with van der Waals surface area (Å²) in [6.45, 7) is 0. The predicted octanol–water partition coefficient (Wildman–Crippen LogP) is 4.57.